The van der Waals surface area contributed by atoms with Crippen LogP contribution >= 0.6 is 11.6 Å². The van der Waals surface area contributed by atoms with E-state index in [1.54, 1.807) is 30.3 Å². The lowest BCUT2D eigenvalue weighted by molar-refractivity contribution is -0.118. The molecule has 1 atom stereocenters. The van der Waals surface area contributed by atoms with Gasteiger partial charge in [-0.05, 0) is 43.2 Å². The van der Waals surface area contributed by atoms with Crippen LogP contribution in [0.1, 0.15) is 29.8 Å². The van der Waals surface area contributed by atoms with Crippen LogP contribution in [0, 0.1) is 0 Å². The van der Waals surface area contributed by atoms with Gasteiger partial charge in [0.2, 0.25) is 5.91 Å². The molecule has 6 nitrogen and oxygen atoms in total. The zero-order valence-electron chi connectivity index (χ0n) is 12.9. The van der Waals surface area contributed by atoms with E-state index in [1.165, 1.54) is 6.26 Å². The van der Waals surface area contributed by atoms with Crippen molar-refractivity contribution in [2.24, 2.45) is 0 Å². The first-order chi connectivity index (χ1) is 11.6. The minimum Gasteiger partial charge on any atom is -0.459 e. The van der Waals surface area contributed by atoms with Gasteiger partial charge in [-0.15, -0.1) is 0 Å². The van der Waals surface area contributed by atoms with Crippen LogP contribution in [-0.4, -0.2) is 24.5 Å². The minimum absolute atomic E-state index is 0.0431. The summed E-state index contributed by atoms with van der Waals surface area (Å²) in [7, 11) is 0. The largest absolute Gasteiger partial charge is 0.459 e. The zero-order chi connectivity index (χ0) is 16.9. The quantitative estimate of drug-likeness (QED) is 0.863. The topological polar surface area (TPSA) is 80.6 Å². The molecule has 24 heavy (non-hydrogen) atoms. The molecule has 0 radical (unpaired) electrons. The second kappa shape index (κ2) is 7.51. The van der Waals surface area contributed by atoms with Gasteiger partial charge in [-0.2, -0.15) is 0 Å². The number of anilines is 2. The lowest BCUT2D eigenvalue weighted by Crippen LogP contribution is -2.20. The Hall–Kier alpha value is -2.31. The highest BCUT2D eigenvalue weighted by Gasteiger charge is 2.20. The van der Waals surface area contributed by atoms with Gasteiger partial charge in [-0.3, -0.25) is 9.59 Å². The molecule has 1 aliphatic rings. The average molecular weight is 349 g/mol. The highest BCUT2D eigenvalue weighted by Crippen LogP contribution is 2.27. The number of hydrogen-bond donors (Lipinski definition) is 2. The van der Waals surface area contributed by atoms with Gasteiger partial charge in [0.25, 0.3) is 5.91 Å². The first-order valence-electron chi connectivity index (χ1n) is 7.67. The maximum Gasteiger partial charge on any atom is 0.291 e. The van der Waals surface area contributed by atoms with E-state index in [4.69, 9.17) is 20.8 Å². The number of benzene rings is 1. The summed E-state index contributed by atoms with van der Waals surface area (Å²) in [6, 6.07) is 8.04. The molecule has 1 aliphatic heterocycles. The summed E-state index contributed by atoms with van der Waals surface area (Å²) in [5.74, 6) is -0.416. The summed E-state index contributed by atoms with van der Waals surface area (Å²) in [6.45, 7) is 0.698. The molecule has 126 valence electrons. The fraction of sp³-hybridized carbons (Fsp3) is 0.294. The molecule has 1 aromatic carbocycles. The van der Waals surface area contributed by atoms with E-state index in [-0.39, 0.29) is 24.2 Å². The fourth-order valence-electron chi connectivity index (χ4n) is 2.53. The van der Waals surface area contributed by atoms with Crippen molar-refractivity contribution in [1.29, 1.82) is 0 Å². The van der Waals surface area contributed by atoms with Crippen LogP contribution in [0.25, 0.3) is 0 Å². The second-order valence-electron chi connectivity index (χ2n) is 5.51. The third-order valence-corrected chi connectivity index (χ3v) is 3.92. The predicted octanol–water partition coefficient (Wildman–Crippen LogP) is 3.69. The monoisotopic (exact) mass is 348 g/mol. The standard InChI is InChI=1S/C17H17ClN2O4/c18-11-5-6-13(19-16(21)10-12-3-1-7-23-12)14(9-11)20-17(22)15-4-2-8-24-15/h2,4-6,8-9,12H,1,3,7,10H2,(H,19,21)(H,20,22). The number of furan rings is 1. The van der Waals surface area contributed by atoms with E-state index in [0.717, 1.165) is 12.8 Å². The van der Waals surface area contributed by atoms with Crippen molar-refractivity contribution < 1.29 is 18.7 Å². The van der Waals surface area contributed by atoms with E-state index >= 15 is 0 Å². The summed E-state index contributed by atoms with van der Waals surface area (Å²) in [5.41, 5.74) is 0.881. The molecule has 7 heteroatoms. The van der Waals surface area contributed by atoms with E-state index in [9.17, 15) is 9.59 Å². The number of amides is 2. The Morgan fingerprint density at radius 2 is 2.08 bits per heavy atom. The summed E-state index contributed by atoms with van der Waals surface area (Å²) >= 11 is 5.99. The van der Waals surface area contributed by atoms with Crippen molar-refractivity contribution in [2.75, 3.05) is 17.2 Å². The molecule has 0 bridgehead atoms. The van der Waals surface area contributed by atoms with E-state index in [1.807, 2.05) is 0 Å². The summed E-state index contributed by atoms with van der Waals surface area (Å²) in [6.07, 6.45) is 3.52. The number of ether oxygens (including phenoxy) is 1. The minimum atomic E-state index is -0.420. The third-order valence-electron chi connectivity index (χ3n) is 3.69. The maximum absolute atomic E-state index is 12.2. The van der Waals surface area contributed by atoms with Gasteiger partial charge in [0, 0.05) is 11.6 Å². The molecule has 1 aromatic heterocycles. The van der Waals surface area contributed by atoms with Crippen LogP contribution in [-0.2, 0) is 9.53 Å². The van der Waals surface area contributed by atoms with Gasteiger partial charge in [-0.1, -0.05) is 11.6 Å². The van der Waals surface area contributed by atoms with Crippen LogP contribution < -0.4 is 10.6 Å². The van der Waals surface area contributed by atoms with Crippen molar-refractivity contribution in [1.82, 2.24) is 0 Å². The van der Waals surface area contributed by atoms with E-state index in [0.29, 0.717) is 23.0 Å². The molecular weight excluding hydrogens is 332 g/mol. The Morgan fingerprint density at radius 3 is 2.79 bits per heavy atom. The first-order valence-corrected chi connectivity index (χ1v) is 8.05. The van der Waals surface area contributed by atoms with Gasteiger partial charge in [0.05, 0.1) is 30.2 Å². The molecule has 1 saturated heterocycles. The van der Waals surface area contributed by atoms with Gasteiger partial charge in [0.15, 0.2) is 5.76 Å². The van der Waals surface area contributed by atoms with Crippen LogP contribution in [0.4, 0.5) is 11.4 Å². The highest BCUT2D eigenvalue weighted by molar-refractivity contribution is 6.31. The van der Waals surface area contributed by atoms with Gasteiger partial charge >= 0.3 is 0 Å². The molecule has 1 fully saturated rings. The molecule has 3 rings (SSSR count). The van der Waals surface area contributed by atoms with Crippen LogP contribution in [0.3, 0.4) is 0 Å². The lowest BCUT2D eigenvalue weighted by atomic mass is 10.1. The number of nitrogens with one attached hydrogen (secondary N) is 2. The number of halogens is 1. The van der Waals surface area contributed by atoms with Crippen LogP contribution in [0.5, 0.6) is 0 Å². The summed E-state index contributed by atoms with van der Waals surface area (Å²) in [4.78, 5) is 24.3. The summed E-state index contributed by atoms with van der Waals surface area (Å²) in [5, 5.41) is 5.93. The van der Waals surface area contributed by atoms with Gasteiger partial charge in [0.1, 0.15) is 0 Å². The average Bonchev–Trinajstić information content (AvgIpc) is 3.23. The Kier molecular flexibility index (Phi) is 5.17. The van der Waals surface area contributed by atoms with E-state index < -0.39 is 5.91 Å². The molecule has 2 N–H and O–H groups in total. The zero-order valence-corrected chi connectivity index (χ0v) is 13.6. The smallest absolute Gasteiger partial charge is 0.291 e. The third kappa shape index (κ3) is 4.15. The molecule has 0 aliphatic carbocycles. The van der Waals surface area contributed by atoms with Crippen LogP contribution in [0.2, 0.25) is 5.02 Å². The SMILES string of the molecule is O=C(CC1CCCO1)Nc1ccc(Cl)cc1NC(=O)c1ccco1. The molecule has 2 heterocycles. The normalized spacial score (nSPS) is 16.8. The Morgan fingerprint density at radius 1 is 1.21 bits per heavy atom. The molecular formula is C17H17ClN2O4. The Balaban J connectivity index is 1.70. The second-order valence-corrected chi connectivity index (χ2v) is 5.95. The number of hydrogen-bond acceptors (Lipinski definition) is 4. The van der Waals surface area contributed by atoms with Crippen molar-refractivity contribution in [3.63, 3.8) is 0 Å². The molecule has 0 saturated carbocycles. The van der Waals surface area contributed by atoms with Gasteiger partial charge < -0.3 is 19.8 Å². The fourth-order valence-corrected chi connectivity index (χ4v) is 2.71. The Bertz CT molecular complexity index is 724. The molecule has 2 aromatic rings. The van der Waals surface area contributed by atoms with Crippen LogP contribution in [0.15, 0.2) is 41.0 Å². The lowest BCUT2D eigenvalue weighted by Gasteiger charge is -2.14. The number of carbonyl (C=O) groups excluding carboxylic acids is 2. The highest BCUT2D eigenvalue weighted by atomic mass is 35.5. The molecule has 0 spiro atoms. The number of carbonyl (C=O) groups is 2. The maximum atomic E-state index is 12.2. The molecule has 1 unspecified atom stereocenters. The first kappa shape index (κ1) is 16.5. The Labute approximate surface area is 144 Å². The van der Waals surface area contributed by atoms with Crippen molar-refractivity contribution in [3.05, 3.63) is 47.4 Å². The van der Waals surface area contributed by atoms with Crippen molar-refractivity contribution in [2.45, 2.75) is 25.4 Å². The summed E-state index contributed by atoms with van der Waals surface area (Å²) < 4.78 is 10.5. The van der Waals surface area contributed by atoms with Crippen molar-refractivity contribution in [3.8, 4) is 0 Å². The van der Waals surface area contributed by atoms with E-state index in [2.05, 4.69) is 10.6 Å². The molecule has 2 amide bonds. The number of rotatable bonds is 5. The van der Waals surface area contributed by atoms with Crippen molar-refractivity contribution >= 4 is 34.8 Å². The predicted molar refractivity (Wildman–Crippen MR) is 90.3 cm³/mol. The van der Waals surface area contributed by atoms with Gasteiger partial charge in [-0.25, -0.2) is 0 Å².